The predicted molar refractivity (Wildman–Crippen MR) is 80.7 cm³/mol. The highest BCUT2D eigenvalue weighted by Gasteiger charge is 2.35. The third-order valence-electron chi connectivity index (χ3n) is 4.41. The monoisotopic (exact) mass is 290 g/mol. The fourth-order valence-corrected chi connectivity index (χ4v) is 4.21. The molecule has 114 valence electrons. The van der Waals surface area contributed by atoms with Crippen LogP contribution in [-0.2, 0) is 10.0 Å². The maximum Gasteiger partial charge on any atom is 0.217 e. The van der Waals surface area contributed by atoms with Gasteiger partial charge in [-0.05, 0) is 44.6 Å². The minimum Gasteiger partial charge on any atom is -0.316 e. The molecule has 1 fully saturated rings. The molecule has 0 amide bonds. The van der Waals surface area contributed by atoms with Gasteiger partial charge in [0.1, 0.15) is 0 Å². The second kappa shape index (κ2) is 6.55. The third-order valence-corrected chi connectivity index (χ3v) is 6.70. The van der Waals surface area contributed by atoms with E-state index in [2.05, 4.69) is 19.2 Å². The van der Waals surface area contributed by atoms with E-state index in [4.69, 9.17) is 0 Å². The molecule has 1 N–H and O–H groups in total. The van der Waals surface area contributed by atoms with Crippen LogP contribution < -0.4 is 5.32 Å². The van der Waals surface area contributed by atoms with E-state index >= 15 is 0 Å². The van der Waals surface area contributed by atoms with Crippen molar-refractivity contribution in [3.05, 3.63) is 0 Å². The van der Waals surface area contributed by atoms with Gasteiger partial charge in [0.25, 0.3) is 0 Å². The molecule has 1 rings (SSSR count). The first-order valence-electron chi connectivity index (χ1n) is 7.38. The van der Waals surface area contributed by atoms with Crippen LogP contribution in [-0.4, -0.2) is 44.2 Å². The van der Waals surface area contributed by atoms with Crippen molar-refractivity contribution in [3.8, 4) is 0 Å². The fraction of sp³-hybridized carbons (Fsp3) is 1.00. The first kappa shape index (κ1) is 16.9. The van der Waals surface area contributed by atoms with E-state index in [1.165, 1.54) is 0 Å². The molecule has 0 heterocycles. The minimum absolute atomic E-state index is 0.183. The average molecular weight is 290 g/mol. The normalized spacial score (nSPS) is 22.6. The fourth-order valence-electron chi connectivity index (χ4n) is 2.69. The highest BCUT2D eigenvalue weighted by molar-refractivity contribution is 7.89. The van der Waals surface area contributed by atoms with Crippen molar-refractivity contribution in [2.75, 3.05) is 20.1 Å². The Morgan fingerprint density at radius 1 is 1.32 bits per heavy atom. The Balaban J connectivity index is 2.63. The van der Waals surface area contributed by atoms with E-state index < -0.39 is 10.0 Å². The lowest BCUT2D eigenvalue weighted by molar-refractivity contribution is 0.173. The van der Waals surface area contributed by atoms with Crippen molar-refractivity contribution < 1.29 is 8.42 Å². The van der Waals surface area contributed by atoms with Crippen molar-refractivity contribution in [2.24, 2.45) is 5.41 Å². The Bertz CT molecular complexity index is 369. The van der Waals surface area contributed by atoms with Crippen molar-refractivity contribution in [3.63, 3.8) is 0 Å². The number of nitrogens with zero attached hydrogens (tertiary/aromatic N) is 1. The molecular weight excluding hydrogens is 260 g/mol. The highest BCUT2D eigenvalue weighted by Crippen LogP contribution is 2.37. The molecule has 1 aliphatic rings. The van der Waals surface area contributed by atoms with Crippen molar-refractivity contribution >= 4 is 10.0 Å². The van der Waals surface area contributed by atoms with Crippen LogP contribution >= 0.6 is 0 Å². The lowest BCUT2D eigenvalue weighted by Gasteiger charge is -2.38. The maximum absolute atomic E-state index is 12.5. The summed E-state index contributed by atoms with van der Waals surface area (Å²) in [6.07, 6.45) is 4.19. The van der Waals surface area contributed by atoms with Gasteiger partial charge in [-0.3, -0.25) is 0 Å². The smallest absolute Gasteiger partial charge is 0.217 e. The minimum atomic E-state index is -3.18. The Labute approximate surface area is 119 Å². The van der Waals surface area contributed by atoms with Gasteiger partial charge >= 0.3 is 0 Å². The van der Waals surface area contributed by atoms with Crippen molar-refractivity contribution in [1.29, 1.82) is 0 Å². The number of sulfonamides is 1. The first-order chi connectivity index (χ1) is 8.70. The maximum atomic E-state index is 12.5. The molecule has 1 aliphatic carbocycles. The third kappa shape index (κ3) is 4.43. The van der Waals surface area contributed by atoms with Gasteiger partial charge in [0.15, 0.2) is 0 Å². The van der Waals surface area contributed by atoms with Gasteiger partial charge in [-0.15, -0.1) is 0 Å². The standard InChI is InChI=1S/C14H30N2O2S/c1-6-15-11-12(2)19(17,18)16(5)13-7-9-14(3,4)10-8-13/h12-13,15H,6-11H2,1-5H3. The summed E-state index contributed by atoms with van der Waals surface area (Å²) < 4.78 is 26.6. The van der Waals surface area contributed by atoms with Crippen LogP contribution in [0.5, 0.6) is 0 Å². The second-order valence-electron chi connectivity index (χ2n) is 6.57. The molecule has 0 aromatic heterocycles. The molecule has 4 nitrogen and oxygen atoms in total. The number of hydrogen-bond donors (Lipinski definition) is 1. The molecule has 1 saturated carbocycles. The van der Waals surface area contributed by atoms with Gasteiger partial charge in [0.2, 0.25) is 10.0 Å². The van der Waals surface area contributed by atoms with E-state index in [1.807, 2.05) is 6.92 Å². The van der Waals surface area contributed by atoms with Crippen LogP contribution in [0.2, 0.25) is 0 Å². The van der Waals surface area contributed by atoms with E-state index in [1.54, 1.807) is 18.3 Å². The number of nitrogens with one attached hydrogen (secondary N) is 1. The summed E-state index contributed by atoms with van der Waals surface area (Å²) in [5, 5.41) is 2.76. The zero-order chi connectivity index (χ0) is 14.7. The zero-order valence-electron chi connectivity index (χ0n) is 13.1. The number of rotatable bonds is 6. The quantitative estimate of drug-likeness (QED) is 0.816. The SMILES string of the molecule is CCNCC(C)S(=O)(=O)N(C)C1CCC(C)(C)CC1. The van der Waals surface area contributed by atoms with E-state index in [0.717, 1.165) is 32.2 Å². The lowest BCUT2D eigenvalue weighted by Crippen LogP contribution is -2.46. The summed E-state index contributed by atoms with van der Waals surface area (Å²) in [4.78, 5) is 0. The van der Waals surface area contributed by atoms with Crippen LogP contribution in [0.25, 0.3) is 0 Å². The molecule has 0 bridgehead atoms. The summed E-state index contributed by atoms with van der Waals surface area (Å²) in [6, 6.07) is 0.183. The summed E-state index contributed by atoms with van der Waals surface area (Å²) >= 11 is 0. The van der Waals surface area contributed by atoms with Crippen LogP contribution in [0, 0.1) is 5.41 Å². The molecule has 0 radical (unpaired) electrons. The molecular formula is C14H30N2O2S. The van der Waals surface area contributed by atoms with Crippen LogP contribution in [0.4, 0.5) is 0 Å². The first-order valence-corrected chi connectivity index (χ1v) is 8.88. The van der Waals surface area contributed by atoms with Gasteiger partial charge in [-0.1, -0.05) is 20.8 Å². The number of hydrogen-bond acceptors (Lipinski definition) is 3. The molecule has 0 aromatic carbocycles. The van der Waals surface area contributed by atoms with Gasteiger partial charge in [-0.2, -0.15) is 0 Å². The van der Waals surface area contributed by atoms with E-state index in [9.17, 15) is 8.42 Å². The Hall–Kier alpha value is -0.130. The molecule has 1 unspecified atom stereocenters. The van der Waals surface area contributed by atoms with E-state index in [-0.39, 0.29) is 11.3 Å². The molecule has 0 spiro atoms. The Kier molecular flexibility index (Phi) is 5.83. The van der Waals surface area contributed by atoms with Crippen molar-refractivity contribution in [1.82, 2.24) is 9.62 Å². The summed E-state index contributed by atoms with van der Waals surface area (Å²) in [5.74, 6) is 0. The summed E-state index contributed by atoms with van der Waals surface area (Å²) in [5.41, 5.74) is 0.372. The molecule has 0 aromatic rings. The molecule has 0 saturated heterocycles. The molecule has 5 heteroatoms. The van der Waals surface area contributed by atoms with Crippen LogP contribution in [0.3, 0.4) is 0 Å². The predicted octanol–water partition coefficient (Wildman–Crippen LogP) is 2.21. The highest BCUT2D eigenvalue weighted by atomic mass is 32.2. The lowest BCUT2D eigenvalue weighted by atomic mass is 9.76. The van der Waals surface area contributed by atoms with Gasteiger partial charge in [0, 0.05) is 19.6 Å². The average Bonchev–Trinajstić information content (AvgIpc) is 2.35. The van der Waals surface area contributed by atoms with E-state index in [0.29, 0.717) is 12.0 Å². The Morgan fingerprint density at radius 2 is 1.84 bits per heavy atom. The van der Waals surface area contributed by atoms with Gasteiger partial charge < -0.3 is 5.32 Å². The molecule has 19 heavy (non-hydrogen) atoms. The van der Waals surface area contributed by atoms with Crippen LogP contribution in [0.15, 0.2) is 0 Å². The van der Waals surface area contributed by atoms with Crippen molar-refractivity contribution in [2.45, 2.75) is 64.7 Å². The summed E-state index contributed by atoms with van der Waals surface area (Å²) in [6.45, 7) is 9.66. The van der Waals surface area contributed by atoms with Crippen LogP contribution in [0.1, 0.15) is 53.4 Å². The summed E-state index contributed by atoms with van der Waals surface area (Å²) in [7, 11) is -1.43. The topological polar surface area (TPSA) is 49.4 Å². The van der Waals surface area contributed by atoms with Gasteiger partial charge in [-0.25, -0.2) is 12.7 Å². The van der Waals surface area contributed by atoms with Gasteiger partial charge in [0.05, 0.1) is 5.25 Å². The molecule has 0 aliphatic heterocycles. The second-order valence-corrected chi connectivity index (χ2v) is 8.99. The molecule has 1 atom stereocenters. The zero-order valence-corrected chi connectivity index (χ0v) is 13.9. The Morgan fingerprint density at radius 3 is 2.32 bits per heavy atom. The largest absolute Gasteiger partial charge is 0.316 e.